The number of hydrogen-bond acceptors (Lipinski definition) is 3. The van der Waals surface area contributed by atoms with Gasteiger partial charge in [-0.25, -0.2) is 9.97 Å². The Morgan fingerprint density at radius 2 is 1.18 bits per heavy atom. The normalized spacial score (nSPS) is 12.3. The van der Waals surface area contributed by atoms with Crippen molar-refractivity contribution in [3.63, 3.8) is 0 Å². The van der Waals surface area contributed by atoms with Crippen LogP contribution in [0.1, 0.15) is 18.9 Å². The van der Waals surface area contributed by atoms with Crippen LogP contribution in [0.5, 0.6) is 11.5 Å². The van der Waals surface area contributed by atoms with Gasteiger partial charge in [0.25, 0.3) is 0 Å². The van der Waals surface area contributed by atoms with Crippen molar-refractivity contribution in [3.8, 4) is 45.5 Å². The second kappa shape index (κ2) is 11.9. The van der Waals surface area contributed by atoms with Crippen LogP contribution in [0.3, 0.4) is 0 Å². The number of benzene rings is 8. The third-order valence-electron chi connectivity index (χ3n) is 11.6. The number of aryl methyl sites for hydroxylation is 1. The first-order chi connectivity index (χ1) is 27.7. The fourth-order valence-corrected chi connectivity index (χ4v) is 9.07. The highest BCUT2D eigenvalue weighted by Crippen LogP contribution is 2.48. The minimum Gasteiger partial charge on any atom is -0.456 e. The molecule has 0 radical (unpaired) electrons. The number of aromatic nitrogens is 4. The average molecular weight is 719 g/mol. The van der Waals surface area contributed by atoms with Crippen molar-refractivity contribution >= 4 is 65.3 Å². The standard InChI is InChI=1S/C51H34N4O/c1-2-12-31-21-24-42-48-49(38-18-9-11-20-47(38)56-50(31)48)53-51(52-42)55-43-19-10-8-17-37(43)39-28-34(23-26-45(39)55)35-22-25-44-40(29-35)41-27-32-13-6-7-14-33(32)30-46(41)54(44)36-15-4-3-5-16-36/h3-11,13-30H,2,12H2,1H3. The second-order valence-electron chi connectivity index (χ2n) is 14.9. The smallest absolute Gasteiger partial charge is 0.235 e. The fraction of sp³-hybridized carbons (Fsp3) is 0.0588. The quantitative estimate of drug-likeness (QED) is 0.178. The van der Waals surface area contributed by atoms with E-state index in [0.29, 0.717) is 5.95 Å². The van der Waals surface area contributed by atoms with Crippen molar-refractivity contribution in [2.45, 2.75) is 19.8 Å². The van der Waals surface area contributed by atoms with Crippen LogP contribution >= 0.6 is 0 Å². The largest absolute Gasteiger partial charge is 0.456 e. The van der Waals surface area contributed by atoms with Gasteiger partial charge in [-0.2, -0.15) is 0 Å². The molecule has 1 aliphatic rings. The Morgan fingerprint density at radius 1 is 0.518 bits per heavy atom. The fourth-order valence-electron chi connectivity index (χ4n) is 9.07. The lowest BCUT2D eigenvalue weighted by molar-refractivity contribution is 0.479. The number of ether oxygens (including phenoxy) is 1. The molecule has 0 bridgehead atoms. The van der Waals surface area contributed by atoms with E-state index in [-0.39, 0.29) is 0 Å². The van der Waals surface area contributed by atoms with Crippen LogP contribution < -0.4 is 4.74 Å². The summed E-state index contributed by atoms with van der Waals surface area (Å²) in [4.78, 5) is 10.6. The van der Waals surface area contributed by atoms with Gasteiger partial charge in [0.2, 0.25) is 5.95 Å². The van der Waals surface area contributed by atoms with E-state index < -0.39 is 0 Å². The molecule has 5 nitrogen and oxygen atoms in total. The molecule has 3 aromatic heterocycles. The number of rotatable bonds is 5. The van der Waals surface area contributed by atoms with Gasteiger partial charge >= 0.3 is 0 Å². The molecule has 4 heterocycles. The summed E-state index contributed by atoms with van der Waals surface area (Å²) in [6, 6.07) is 58.9. The maximum atomic E-state index is 6.56. The van der Waals surface area contributed by atoms with Gasteiger partial charge in [0, 0.05) is 32.8 Å². The summed E-state index contributed by atoms with van der Waals surface area (Å²) in [6.45, 7) is 2.20. The van der Waals surface area contributed by atoms with E-state index in [1.807, 2.05) is 12.1 Å². The van der Waals surface area contributed by atoms with Gasteiger partial charge in [0.15, 0.2) is 0 Å². The van der Waals surface area contributed by atoms with Gasteiger partial charge in [-0.1, -0.05) is 104 Å². The molecule has 0 unspecified atom stereocenters. The molecule has 8 aromatic carbocycles. The average Bonchev–Trinajstić information content (AvgIpc) is 3.75. The molecule has 0 N–H and O–H groups in total. The van der Waals surface area contributed by atoms with Crippen molar-refractivity contribution in [2.24, 2.45) is 0 Å². The summed E-state index contributed by atoms with van der Waals surface area (Å²) in [6.07, 6.45) is 1.96. The number of fused-ring (bicyclic) bond motifs is 9. The van der Waals surface area contributed by atoms with E-state index in [4.69, 9.17) is 14.7 Å². The van der Waals surface area contributed by atoms with E-state index in [9.17, 15) is 0 Å². The summed E-state index contributed by atoms with van der Waals surface area (Å²) >= 11 is 0. The van der Waals surface area contributed by atoms with Crippen LogP contribution in [0.4, 0.5) is 0 Å². The molecule has 0 saturated heterocycles. The molecule has 0 atom stereocenters. The molecule has 0 saturated carbocycles. The van der Waals surface area contributed by atoms with Crippen LogP contribution in [0.15, 0.2) is 164 Å². The van der Waals surface area contributed by atoms with Gasteiger partial charge in [0.1, 0.15) is 11.5 Å². The van der Waals surface area contributed by atoms with Crippen LogP contribution in [0.2, 0.25) is 0 Å². The molecule has 264 valence electrons. The number of para-hydroxylation sites is 3. The maximum absolute atomic E-state index is 6.56. The van der Waals surface area contributed by atoms with Gasteiger partial charge in [0.05, 0.1) is 38.7 Å². The molecule has 12 rings (SSSR count). The van der Waals surface area contributed by atoms with Gasteiger partial charge < -0.3 is 9.30 Å². The molecule has 0 aliphatic carbocycles. The van der Waals surface area contributed by atoms with E-state index >= 15 is 0 Å². The Bertz CT molecular complexity index is 3410. The summed E-state index contributed by atoms with van der Waals surface area (Å²) in [5.74, 6) is 2.37. The highest BCUT2D eigenvalue weighted by molar-refractivity contribution is 6.15. The van der Waals surface area contributed by atoms with Crippen molar-refractivity contribution < 1.29 is 4.74 Å². The first kappa shape index (κ1) is 31.1. The maximum Gasteiger partial charge on any atom is 0.235 e. The summed E-state index contributed by atoms with van der Waals surface area (Å²) in [5.41, 5.74) is 12.0. The number of nitrogens with zero attached hydrogens (tertiary/aromatic N) is 4. The van der Waals surface area contributed by atoms with Crippen molar-refractivity contribution in [1.29, 1.82) is 0 Å². The van der Waals surface area contributed by atoms with Crippen LogP contribution in [0.25, 0.3) is 99.3 Å². The van der Waals surface area contributed by atoms with Crippen LogP contribution in [-0.2, 0) is 6.42 Å². The Hall–Kier alpha value is -7.24. The molecule has 1 aliphatic heterocycles. The van der Waals surface area contributed by atoms with Gasteiger partial charge in [-0.3, -0.25) is 4.57 Å². The number of hydrogen-bond donors (Lipinski definition) is 0. The molecule has 0 spiro atoms. The van der Waals surface area contributed by atoms with E-state index in [1.54, 1.807) is 0 Å². The minimum absolute atomic E-state index is 0.653. The molecule has 0 fully saturated rings. The van der Waals surface area contributed by atoms with E-state index in [0.717, 1.165) is 79.6 Å². The second-order valence-corrected chi connectivity index (χ2v) is 14.9. The summed E-state index contributed by atoms with van der Waals surface area (Å²) in [7, 11) is 0. The first-order valence-electron chi connectivity index (χ1n) is 19.4. The zero-order valence-electron chi connectivity index (χ0n) is 30.7. The van der Waals surface area contributed by atoms with Crippen LogP contribution in [-0.4, -0.2) is 19.1 Å². The monoisotopic (exact) mass is 718 g/mol. The highest BCUT2D eigenvalue weighted by atomic mass is 16.5. The van der Waals surface area contributed by atoms with E-state index in [2.05, 4.69) is 168 Å². The zero-order valence-corrected chi connectivity index (χ0v) is 30.7. The Morgan fingerprint density at radius 3 is 2.00 bits per heavy atom. The predicted octanol–water partition coefficient (Wildman–Crippen LogP) is 13.4. The summed E-state index contributed by atoms with van der Waals surface area (Å²) < 4.78 is 11.2. The lowest BCUT2D eigenvalue weighted by atomic mass is 9.98. The lowest BCUT2D eigenvalue weighted by Gasteiger charge is -2.23. The third kappa shape index (κ3) is 4.48. The Balaban J connectivity index is 1.07. The van der Waals surface area contributed by atoms with Gasteiger partial charge in [-0.05, 0) is 107 Å². The van der Waals surface area contributed by atoms with Gasteiger partial charge in [-0.15, -0.1) is 0 Å². The van der Waals surface area contributed by atoms with Crippen LogP contribution in [0, 0.1) is 0 Å². The lowest BCUT2D eigenvalue weighted by Crippen LogP contribution is -2.08. The minimum atomic E-state index is 0.653. The molecule has 0 amide bonds. The SMILES string of the molecule is CCCc1ccc2nc(-n3c4ccccc4c4cc(-c5ccc6c(c5)c5cc7ccccc7cc5n6-c5ccccc5)ccc43)nc3c2c1Oc1ccccc1-3. The van der Waals surface area contributed by atoms with Crippen molar-refractivity contribution in [2.75, 3.05) is 0 Å². The Kier molecular flexibility index (Phi) is 6.61. The molecule has 56 heavy (non-hydrogen) atoms. The highest BCUT2D eigenvalue weighted by Gasteiger charge is 2.26. The van der Waals surface area contributed by atoms with Crippen molar-refractivity contribution in [1.82, 2.24) is 19.1 Å². The molecular formula is C51H34N4O. The third-order valence-corrected chi connectivity index (χ3v) is 11.6. The molecular weight excluding hydrogens is 685 g/mol. The molecule has 11 aromatic rings. The van der Waals surface area contributed by atoms with Crippen molar-refractivity contribution in [3.05, 3.63) is 169 Å². The first-order valence-corrected chi connectivity index (χ1v) is 19.4. The zero-order chi connectivity index (χ0) is 36.9. The molecule has 5 heteroatoms. The topological polar surface area (TPSA) is 44.9 Å². The van der Waals surface area contributed by atoms with E-state index in [1.165, 1.54) is 43.7 Å². The summed E-state index contributed by atoms with van der Waals surface area (Å²) in [5, 5.41) is 8.27. The Labute approximate surface area is 322 Å². The predicted molar refractivity (Wildman–Crippen MR) is 231 cm³/mol.